The van der Waals surface area contributed by atoms with Gasteiger partial charge in [-0.15, -0.1) is 11.3 Å². The molecule has 2 amide bonds. The van der Waals surface area contributed by atoms with E-state index in [1.54, 1.807) is 0 Å². The Labute approximate surface area is 181 Å². The minimum Gasteiger partial charge on any atom is -0.481 e. The van der Waals surface area contributed by atoms with Gasteiger partial charge in [-0.2, -0.15) is 0 Å². The van der Waals surface area contributed by atoms with Gasteiger partial charge in [0.05, 0.1) is 17.4 Å². The Bertz CT molecular complexity index is 827. The molecule has 2 fully saturated rings. The van der Waals surface area contributed by atoms with Crippen LogP contribution in [0.2, 0.25) is 0 Å². The number of rotatable bonds is 5. The summed E-state index contributed by atoms with van der Waals surface area (Å²) in [5, 5.41) is 16.3. The van der Waals surface area contributed by atoms with E-state index in [0.717, 1.165) is 63.4 Å². The number of nitrogens with one attached hydrogen (secondary N) is 2. The van der Waals surface area contributed by atoms with E-state index in [0.29, 0.717) is 29.3 Å². The average Bonchev–Trinajstić information content (AvgIpc) is 3.34. The Kier molecular flexibility index (Phi) is 6.46. The van der Waals surface area contributed by atoms with Crippen molar-refractivity contribution in [3.63, 3.8) is 0 Å². The lowest BCUT2D eigenvalue weighted by Gasteiger charge is -2.27. The normalized spacial score (nSPS) is 26.8. The minimum atomic E-state index is -0.895. The lowest BCUT2D eigenvalue weighted by Crippen LogP contribution is -2.37. The van der Waals surface area contributed by atoms with Crippen LogP contribution < -0.4 is 10.6 Å². The Hall–Kier alpha value is -1.89. The zero-order chi connectivity index (χ0) is 21.3. The smallest absolute Gasteiger partial charge is 0.307 e. The second-order valence-corrected chi connectivity index (χ2v) is 10.4. The third-order valence-corrected chi connectivity index (χ3v) is 8.26. The molecule has 0 saturated heterocycles. The van der Waals surface area contributed by atoms with E-state index in [1.165, 1.54) is 16.2 Å². The minimum absolute atomic E-state index is 0.0809. The highest BCUT2D eigenvalue weighted by Crippen LogP contribution is 2.41. The van der Waals surface area contributed by atoms with Gasteiger partial charge >= 0.3 is 5.97 Å². The average molecular weight is 433 g/mol. The molecule has 0 spiro atoms. The van der Waals surface area contributed by atoms with Gasteiger partial charge in [-0.25, -0.2) is 0 Å². The van der Waals surface area contributed by atoms with E-state index in [2.05, 4.69) is 17.6 Å². The summed E-state index contributed by atoms with van der Waals surface area (Å²) in [6.45, 7) is 2.22. The molecule has 1 heterocycles. The molecule has 0 aliphatic heterocycles. The van der Waals surface area contributed by atoms with Gasteiger partial charge in [0, 0.05) is 10.9 Å². The van der Waals surface area contributed by atoms with Crippen molar-refractivity contribution in [3.8, 4) is 0 Å². The van der Waals surface area contributed by atoms with Gasteiger partial charge in [0.2, 0.25) is 5.91 Å². The van der Waals surface area contributed by atoms with Crippen LogP contribution in [-0.4, -0.2) is 28.9 Å². The molecule has 164 valence electrons. The SMILES string of the molecule is C[C@H]1CCc2c(sc(NC(=O)[C@@H]3CCCC[C@@H]3C(=O)O)c2C(=O)NC2CCCC2)C1. The van der Waals surface area contributed by atoms with Gasteiger partial charge in [0.1, 0.15) is 5.00 Å². The van der Waals surface area contributed by atoms with Crippen LogP contribution in [0.3, 0.4) is 0 Å². The molecule has 3 aliphatic carbocycles. The van der Waals surface area contributed by atoms with Crippen LogP contribution in [0.25, 0.3) is 0 Å². The van der Waals surface area contributed by atoms with E-state index in [1.807, 2.05) is 0 Å². The van der Waals surface area contributed by atoms with Crippen molar-refractivity contribution < 1.29 is 19.5 Å². The maximum Gasteiger partial charge on any atom is 0.307 e. The Morgan fingerprint density at radius 3 is 2.33 bits per heavy atom. The first-order valence-corrected chi connectivity index (χ1v) is 12.2. The maximum absolute atomic E-state index is 13.2. The van der Waals surface area contributed by atoms with Crippen molar-refractivity contribution in [2.75, 3.05) is 5.32 Å². The topological polar surface area (TPSA) is 95.5 Å². The zero-order valence-corrected chi connectivity index (χ0v) is 18.5. The van der Waals surface area contributed by atoms with Gasteiger partial charge in [0.25, 0.3) is 5.91 Å². The zero-order valence-electron chi connectivity index (χ0n) is 17.7. The van der Waals surface area contributed by atoms with Gasteiger partial charge in [0.15, 0.2) is 0 Å². The highest BCUT2D eigenvalue weighted by molar-refractivity contribution is 7.17. The monoisotopic (exact) mass is 432 g/mol. The fourth-order valence-corrected chi connectivity index (χ4v) is 6.76. The van der Waals surface area contributed by atoms with Gasteiger partial charge in [-0.1, -0.05) is 32.6 Å². The summed E-state index contributed by atoms with van der Waals surface area (Å²) >= 11 is 1.51. The van der Waals surface area contributed by atoms with Gasteiger partial charge < -0.3 is 15.7 Å². The second kappa shape index (κ2) is 9.08. The number of aliphatic carboxylic acids is 1. The molecule has 3 N–H and O–H groups in total. The summed E-state index contributed by atoms with van der Waals surface area (Å²) < 4.78 is 0. The van der Waals surface area contributed by atoms with Crippen molar-refractivity contribution in [1.82, 2.24) is 5.32 Å². The van der Waals surface area contributed by atoms with Crippen LogP contribution in [0, 0.1) is 17.8 Å². The van der Waals surface area contributed by atoms with Crippen molar-refractivity contribution in [2.45, 2.75) is 83.6 Å². The van der Waals surface area contributed by atoms with Gasteiger partial charge in [-0.05, 0) is 56.4 Å². The third-order valence-electron chi connectivity index (χ3n) is 7.09. The number of carbonyl (C=O) groups excluding carboxylic acids is 2. The fourth-order valence-electron chi connectivity index (χ4n) is 5.35. The standard InChI is InChI=1S/C23H32N2O4S/c1-13-10-11-17-18(12-13)30-22(19(17)21(27)24-14-6-2-3-7-14)25-20(26)15-8-4-5-9-16(15)23(28)29/h13-16H,2-12H2,1H3,(H,24,27)(H,25,26)(H,28,29)/t13-,15+,16-/m0/s1. The number of carbonyl (C=O) groups is 3. The molecule has 0 aromatic carbocycles. The van der Waals surface area contributed by atoms with Crippen LogP contribution in [-0.2, 0) is 22.4 Å². The van der Waals surface area contributed by atoms with E-state index in [-0.39, 0.29) is 17.9 Å². The fraction of sp³-hybridized carbons (Fsp3) is 0.696. The summed E-state index contributed by atoms with van der Waals surface area (Å²) in [5.41, 5.74) is 1.71. The van der Waals surface area contributed by atoms with Gasteiger partial charge in [-0.3, -0.25) is 14.4 Å². The van der Waals surface area contributed by atoms with Crippen molar-refractivity contribution in [3.05, 3.63) is 16.0 Å². The van der Waals surface area contributed by atoms with Crippen molar-refractivity contribution in [1.29, 1.82) is 0 Å². The summed E-state index contributed by atoms with van der Waals surface area (Å²) in [5.74, 6) is -1.82. The molecule has 2 saturated carbocycles. The van der Waals surface area contributed by atoms with Crippen LogP contribution in [0.5, 0.6) is 0 Å². The Morgan fingerprint density at radius 1 is 0.967 bits per heavy atom. The molecular weight excluding hydrogens is 400 g/mol. The highest BCUT2D eigenvalue weighted by atomic mass is 32.1. The van der Waals surface area contributed by atoms with Crippen molar-refractivity contribution >= 4 is 34.1 Å². The largest absolute Gasteiger partial charge is 0.481 e. The summed E-state index contributed by atoms with van der Waals surface area (Å²) in [7, 11) is 0. The molecule has 6 nitrogen and oxygen atoms in total. The Balaban J connectivity index is 1.59. The number of carboxylic acids is 1. The molecule has 0 unspecified atom stereocenters. The van der Waals surface area contributed by atoms with E-state index in [4.69, 9.17) is 0 Å². The summed E-state index contributed by atoms with van der Waals surface area (Å²) in [6, 6.07) is 0.217. The van der Waals surface area contributed by atoms with E-state index < -0.39 is 17.8 Å². The van der Waals surface area contributed by atoms with Crippen molar-refractivity contribution in [2.24, 2.45) is 17.8 Å². The maximum atomic E-state index is 13.2. The van der Waals surface area contributed by atoms with Crippen LogP contribution in [0.15, 0.2) is 0 Å². The molecule has 3 aliphatic rings. The second-order valence-electron chi connectivity index (χ2n) is 9.34. The first kappa shape index (κ1) is 21.3. The number of fused-ring (bicyclic) bond motifs is 1. The van der Waals surface area contributed by atoms with Crippen LogP contribution in [0.1, 0.15) is 85.5 Å². The molecular formula is C23H32N2O4S. The molecule has 30 heavy (non-hydrogen) atoms. The third kappa shape index (κ3) is 4.41. The van der Waals surface area contributed by atoms with Crippen LogP contribution in [0.4, 0.5) is 5.00 Å². The first-order valence-electron chi connectivity index (χ1n) is 11.4. The lowest BCUT2D eigenvalue weighted by atomic mass is 9.78. The number of hydrogen-bond acceptors (Lipinski definition) is 4. The molecule has 4 rings (SSSR count). The summed E-state index contributed by atoms with van der Waals surface area (Å²) in [4.78, 5) is 39.1. The predicted molar refractivity (Wildman–Crippen MR) is 117 cm³/mol. The molecule has 1 aromatic rings. The number of amides is 2. The van der Waals surface area contributed by atoms with E-state index in [9.17, 15) is 19.5 Å². The highest BCUT2D eigenvalue weighted by Gasteiger charge is 2.37. The molecule has 0 radical (unpaired) electrons. The quantitative estimate of drug-likeness (QED) is 0.644. The molecule has 3 atom stereocenters. The number of hydrogen-bond donors (Lipinski definition) is 3. The molecule has 1 aromatic heterocycles. The lowest BCUT2D eigenvalue weighted by molar-refractivity contribution is -0.147. The van der Waals surface area contributed by atoms with E-state index >= 15 is 0 Å². The summed E-state index contributed by atoms with van der Waals surface area (Å²) in [6.07, 6.45) is 10.0. The number of thiophene rings is 1. The number of carboxylic acid groups (broad SMARTS) is 1. The Morgan fingerprint density at radius 2 is 1.63 bits per heavy atom. The molecule has 7 heteroatoms. The first-order chi connectivity index (χ1) is 14.4. The number of anilines is 1. The molecule has 0 bridgehead atoms. The predicted octanol–water partition coefficient (Wildman–Crippen LogP) is 4.37. The van der Waals surface area contributed by atoms with Crippen LogP contribution >= 0.6 is 11.3 Å².